The summed E-state index contributed by atoms with van der Waals surface area (Å²) in [6.07, 6.45) is 0. The van der Waals surface area contributed by atoms with E-state index in [1.807, 2.05) is 0 Å². The van der Waals surface area contributed by atoms with Gasteiger partial charge in [-0.05, 0) is 0 Å². The number of nitrogens with two attached hydrogens (primary N) is 2. The van der Waals surface area contributed by atoms with Gasteiger partial charge in [-0.2, -0.15) is 0 Å². The molecule has 0 aliphatic heterocycles. The molecule has 0 spiro atoms. The quantitative estimate of drug-likeness (QED) is 0.507. The van der Waals surface area contributed by atoms with Crippen molar-refractivity contribution < 1.29 is 16.6 Å². The molecule has 0 aliphatic carbocycles. The first-order chi connectivity index (χ1) is 2.91. The summed E-state index contributed by atoms with van der Waals surface area (Å²) in [6, 6.07) is 0. The van der Waals surface area contributed by atoms with E-state index in [4.69, 9.17) is 11.5 Å². The summed E-state index contributed by atoms with van der Waals surface area (Å²) in [5, 5.41) is 0. The average Bonchev–Trinajstić information content (AvgIpc) is 1.72. The molecule has 4 heteroatoms. The molecule has 0 unspecified atom stereocenters. The van der Waals surface area contributed by atoms with Gasteiger partial charge in [0.25, 0.3) is 0 Å². The molecule has 0 aromatic carbocycles. The standard InChI is InChI=1S/C2H8N2.S.Zn/c3-1-2-4;;/h1-4H2;;. The third-order valence-electron chi connectivity index (χ3n) is 0.167. The zero-order valence-electron chi connectivity index (χ0n) is 3.68. The van der Waals surface area contributed by atoms with Crippen molar-refractivity contribution >= 4 is 10.1 Å². The van der Waals surface area contributed by atoms with Crippen LogP contribution in [0, 0.1) is 0 Å². The second kappa shape index (κ2) is 17.1. The molecule has 0 bridgehead atoms. The van der Waals surface area contributed by atoms with Gasteiger partial charge in [-0.15, -0.1) is 0 Å². The Balaban J connectivity index is 0. The Bertz CT molecular complexity index is 19.0. The van der Waals surface area contributed by atoms with E-state index in [0.29, 0.717) is 13.1 Å². The number of hydrogen-bond donors (Lipinski definition) is 2. The molecule has 0 fully saturated rings. The van der Waals surface area contributed by atoms with E-state index < -0.39 is 0 Å². The molecule has 0 saturated heterocycles. The first-order valence-corrected chi connectivity index (χ1v) is 5.82. The van der Waals surface area contributed by atoms with Crippen LogP contribution >= 0.6 is 10.1 Å². The molecule has 0 aromatic heterocycles. The van der Waals surface area contributed by atoms with E-state index in [1.165, 1.54) is 0 Å². The molecule has 0 amide bonds. The van der Waals surface area contributed by atoms with Crippen molar-refractivity contribution in [3.05, 3.63) is 0 Å². The van der Waals surface area contributed by atoms with E-state index >= 15 is 0 Å². The zero-order valence-corrected chi connectivity index (χ0v) is 7.47. The molecule has 0 aromatic rings. The van der Waals surface area contributed by atoms with E-state index in [9.17, 15) is 0 Å². The van der Waals surface area contributed by atoms with Crippen molar-refractivity contribution in [2.24, 2.45) is 11.5 Å². The van der Waals surface area contributed by atoms with Crippen molar-refractivity contribution in [1.82, 2.24) is 0 Å². The van der Waals surface area contributed by atoms with Gasteiger partial charge >= 0.3 is 26.7 Å². The van der Waals surface area contributed by atoms with Crippen LogP contribution in [0.25, 0.3) is 0 Å². The second-order valence-corrected chi connectivity index (χ2v) is 0.577. The van der Waals surface area contributed by atoms with E-state index in [1.54, 1.807) is 0 Å². The molecule has 34 valence electrons. The SMILES string of the molecule is NCCN.[S]=[Zn]. The fourth-order valence-electron chi connectivity index (χ4n) is 0. The van der Waals surface area contributed by atoms with Crippen LogP contribution in [-0.2, 0) is 16.6 Å². The van der Waals surface area contributed by atoms with Gasteiger partial charge in [-0.3, -0.25) is 0 Å². The molecule has 4 N–H and O–H groups in total. The van der Waals surface area contributed by atoms with Crippen LogP contribution in [-0.4, -0.2) is 13.1 Å². The summed E-state index contributed by atoms with van der Waals surface area (Å²) in [7, 11) is 4.21. The van der Waals surface area contributed by atoms with Crippen LogP contribution in [0.15, 0.2) is 0 Å². The molecule has 0 radical (unpaired) electrons. The Morgan fingerprint density at radius 1 is 1.17 bits per heavy atom. The van der Waals surface area contributed by atoms with E-state index in [-0.39, 0.29) is 0 Å². The van der Waals surface area contributed by atoms with Crippen molar-refractivity contribution in [2.45, 2.75) is 0 Å². The summed E-state index contributed by atoms with van der Waals surface area (Å²) in [6.45, 7) is 1.19. The topological polar surface area (TPSA) is 52.0 Å². The van der Waals surface area contributed by atoms with Crippen LogP contribution in [0.3, 0.4) is 0 Å². The van der Waals surface area contributed by atoms with Gasteiger partial charge in [0.2, 0.25) is 0 Å². The second-order valence-electron chi connectivity index (χ2n) is 0.577. The van der Waals surface area contributed by atoms with Crippen LogP contribution in [0.5, 0.6) is 0 Å². The normalized spacial score (nSPS) is 6.00. The molecule has 0 atom stereocenters. The van der Waals surface area contributed by atoms with Gasteiger partial charge in [0.05, 0.1) is 0 Å². The number of hydrogen-bond acceptors (Lipinski definition) is 3. The Morgan fingerprint density at radius 3 is 1.33 bits per heavy atom. The summed E-state index contributed by atoms with van der Waals surface area (Å²) in [5.41, 5.74) is 9.81. The molecule has 0 rings (SSSR count). The Morgan fingerprint density at radius 2 is 1.33 bits per heavy atom. The third kappa shape index (κ3) is 21.7. The van der Waals surface area contributed by atoms with Crippen molar-refractivity contribution in [3.63, 3.8) is 0 Å². The first-order valence-electron chi connectivity index (χ1n) is 1.61. The average molecular weight is 158 g/mol. The third-order valence-corrected chi connectivity index (χ3v) is 0.167. The van der Waals surface area contributed by atoms with Crippen LogP contribution in [0.4, 0.5) is 0 Å². The monoisotopic (exact) mass is 156 g/mol. The predicted octanol–water partition coefficient (Wildman–Crippen LogP) is -0.450. The molecule has 0 aliphatic rings. The Hall–Kier alpha value is 0.763. The maximum atomic E-state index is 4.90. The van der Waals surface area contributed by atoms with Gasteiger partial charge in [0.15, 0.2) is 0 Å². The van der Waals surface area contributed by atoms with E-state index in [0.717, 1.165) is 16.6 Å². The minimum absolute atomic E-state index is 0.597. The summed E-state index contributed by atoms with van der Waals surface area (Å²) >= 11 is 0.958. The number of rotatable bonds is 1. The Kier molecular flexibility index (Phi) is 28.3. The summed E-state index contributed by atoms with van der Waals surface area (Å²) in [5.74, 6) is 0. The van der Waals surface area contributed by atoms with Crippen molar-refractivity contribution in [3.8, 4) is 0 Å². The fraction of sp³-hybridized carbons (Fsp3) is 1.00. The van der Waals surface area contributed by atoms with Gasteiger partial charge in [0, 0.05) is 13.1 Å². The molecule has 0 saturated carbocycles. The van der Waals surface area contributed by atoms with Crippen LogP contribution in [0.2, 0.25) is 0 Å². The van der Waals surface area contributed by atoms with Gasteiger partial charge in [-0.25, -0.2) is 0 Å². The summed E-state index contributed by atoms with van der Waals surface area (Å²) < 4.78 is 0. The van der Waals surface area contributed by atoms with Gasteiger partial charge < -0.3 is 11.5 Å². The molecule has 0 heterocycles. The van der Waals surface area contributed by atoms with Crippen molar-refractivity contribution in [1.29, 1.82) is 0 Å². The zero-order chi connectivity index (χ0) is 5.41. The first kappa shape index (κ1) is 9.90. The van der Waals surface area contributed by atoms with Crippen molar-refractivity contribution in [2.75, 3.05) is 13.1 Å². The molecular weight excluding hydrogens is 149 g/mol. The minimum atomic E-state index is 0.597. The molecular formula is C2H8N2SZn. The summed E-state index contributed by atoms with van der Waals surface area (Å²) in [4.78, 5) is 0. The van der Waals surface area contributed by atoms with Gasteiger partial charge in [0.1, 0.15) is 0 Å². The predicted molar refractivity (Wildman–Crippen MR) is 25.7 cm³/mol. The Labute approximate surface area is 51.6 Å². The molecule has 2 nitrogen and oxygen atoms in total. The molecule has 6 heavy (non-hydrogen) atoms. The van der Waals surface area contributed by atoms with Gasteiger partial charge in [-0.1, -0.05) is 0 Å². The van der Waals surface area contributed by atoms with Crippen LogP contribution < -0.4 is 11.5 Å². The fourth-order valence-corrected chi connectivity index (χ4v) is 0. The van der Waals surface area contributed by atoms with Crippen LogP contribution in [0.1, 0.15) is 0 Å². The maximum absolute atomic E-state index is 4.90. The van der Waals surface area contributed by atoms with E-state index in [2.05, 4.69) is 10.1 Å².